The number of aromatic nitrogens is 2. The number of para-hydroxylation sites is 2. The Kier molecular flexibility index (Phi) is 7.39. The van der Waals surface area contributed by atoms with E-state index in [1.165, 1.54) is 38.9 Å². The maximum atomic E-state index is 6.55. The molecule has 262 valence electrons. The van der Waals surface area contributed by atoms with Crippen LogP contribution < -0.4 is 0 Å². The molecule has 0 aliphatic heterocycles. The minimum Gasteiger partial charge on any atom is -0.455 e. The van der Waals surface area contributed by atoms with E-state index in [-0.39, 0.29) is 0 Å². The highest BCUT2D eigenvalue weighted by Crippen LogP contribution is 2.59. The summed E-state index contributed by atoms with van der Waals surface area (Å²) in [6.45, 7) is 0. The van der Waals surface area contributed by atoms with Crippen LogP contribution in [-0.4, -0.2) is 9.97 Å². The van der Waals surface area contributed by atoms with E-state index >= 15 is 0 Å². The van der Waals surface area contributed by atoms with Crippen molar-refractivity contribution in [2.45, 2.75) is 5.41 Å². The summed E-state index contributed by atoms with van der Waals surface area (Å²) in [6.07, 6.45) is 0. The van der Waals surface area contributed by atoms with Gasteiger partial charge in [0.05, 0.1) is 16.8 Å². The molecule has 0 fully saturated rings. The molecular weight excluding hydrogens is 681 g/mol. The Morgan fingerprint density at radius 3 is 1.61 bits per heavy atom. The average molecular weight is 715 g/mol. The maximum absolute atomic E-state index is 6.55. The predicted molar refractivity (Wildman–Crippen MR) is 228 cm³/mol. The molecule has 1 aliphatic rings. The molecule has 11 rings (SSSR count). The molecule has 2 aromatic heterocycles. The molecule has 10 aromatic rings. The Morgan fingerprint density at radius 2 is 0.875 bits per heavy atom. The lowest BCUT2D eigenvalue weighted by atomic mass is 9.66. The molecule has 0 atom stereocenters. The lowest BCUT2D eigenvalue weighted by Gasteiger charge is -2.35. The molecule has 0 radical (unpaired) electrons. The van der Waals surface area contributed by atoms with E-state index in [2.05, 4.69) is 176 Å². The molecule has 0 saturated carbocycles. The summed E-state index contributed by atoms with van der Waals surface area (Å²) in [5, 5.41) is 2.16. The second-order valence-electron chi connectivity index (χ2n) is 14.4. The van der Waals surface area contributed by atoms with Crippen molar-refractivity contribution in [2.24, 2.45) is 0 Å². The van der Waals surface area contributed by atoms with Crippen LogP contribution in [0.3, 0.4) is 0 Å². The zero-order valence-corrected chi connectivity index (χ0v) is 30.4. The third-order valence-electron chi connectivity index (χ3n) is 11.4. The fraction of sp³-hybridized carbons (Fsp3) is 0.0189. The Morgan fingerprint density at radius 1 is 0.375 bits per heavy atom. The fourth-order valence-corrected chi connectivity index (χ4v) is 9.06. The molecule has 8 aromatic carbocycles. The smallest absolute Gasteiger partial charge is 0.160 e. The van der Waals surface area contributed by atoms with Crippen molar-refractivity contribution >= 4 is 21.9 Å². The highest BCUT2D eigenvalue weighted by molar-refractivity contribution is 6.09. The first-order valence-corrected chi connectivity index (χ1v) is 19.1. The van der Waals surface area contributed by atoms with E-state index in [9.17, 15) is 0 Å². The number of hydrogen-bond donors (Lipinski definition) is 0. The van der Waals surface area contributed by atoms with Gasteiger partial charge in [-0.05, 0) is 62.7 Å². The summed E-state index contributed by atoms with van der Waals surface area (Å²) in [6, 6.07) is 73.3. The van der Waals surface area contributed by atoms with E-state index in [1.807, 2.05) is 30.3 Å². The summed E-state index contributed by atoms with van der Waals surface area (Å²) < 4.78 is 6.55. The van der Waals surface area contributed by atoms with E-state index in [0.29, 0.717) is 5.82 Å². The zero-order valence-electron chi connectivity index (χ0n) is 30.4. The normalized spacial score (nSPS) is 12.8. The predicted octanol–water partition coefficient (Wildman–Crippen LogP) is 13.4. The van der Waals surface area contributed by atoms with Gasteiger partial charge >= 0.3 is 0 Å². The van der Waals surface area contributed by atoms with Crippen molar-refractivity contribution in [1.29, 1.82) is 0 Å². The SMILES string of the molecule is c1ccc(-c2nc(-c3ccccc3-c3cccc4c3C(c3ccccc3)(c3ccccc3)c3ccccc3-4)cc(-c3cccc4c3oc3ccccc34)n2)cc1. The lowest BCUT2D eigenvalue weighted by molar-refractivity contribution is 0.670. The van der Waals surface area contributed by atoms with Crippen molar-refractivity contribution in [2.75, 3.05) is 0 Å². The van der Waals surface area contributed by atoms with Crippen LogP contribution in [0.1, 0.15) is 22.3 Å². The minimum absolute atomic E-state index is 0.554. The minimum atomic E-state index is -0.554. The molecule has 0 spiro atoms. The monoisotopic (exact) mass is 714 g/mol. The van der Waals surface area contributed by atoms with E-state index in [0.717, 1.165) is 55.6 Å². The second kappa shape index (κ2) is 12.9. The van der Waals surface area contributed by atoms with Crippen molar-refractivity contribution < 1.29 is 4.42 Å². The molecule has 3 heteroatoms. The van der Waals surface area contributed by atoms with E-state index in [1.54, 1.807) is 0 Å². The van der Waals surface area contributed by atoms with Crippen molar-refractivity contribution in [1.82, 2.24) is 9.97 Å². The number of furan rings is 1. The third-order valence-corrected chi connectivity index (χ3v) is 11.4. The van der Waals surface area contributed by atoms with Crippen LogP contribution in [0.15, 0.2) is 211 Å². The molecular formula is C53H34N2O. The molecule has 2 heterocycles. The van der Waals surface area contributed by atoms with Gasteiger partial charge in [0.25, 0.3) is 0 Å². The van der Waals surface area contributed by atoms with Gasteiger partial charge in [-0.15, -0.1) is 0 Å². The lowest BCUT2D eigenvalue weighted by Crippen LogP contribution is -2.29. The van der Waals surface area contributed by atoms with Gasteiger partial charge in [0.2, 0.25) is 0 Å². The largest absolute Gasteiger partial charge is 0.455 e. The molecule has 0 N–H and O–H groups in total. The van der Waals surface area contributed by atoms with Crippen LogP contribution in [-0.2, 0) is 5.41 Å². The van der Waals surface area contributed by atoms with Gasteiger partial charge < -0.3 is 4.42 Å². The number of hydrogen-bond acceptors (Lipinski definition) is 3. The molecule has 0 saturated heterocycles. The summed E-state index contributed by atoms with van der Waals surface area (Å²) >= 11 is 0. The first-order chi connectivity index (χ1) is 27.8. The van der Waals surface area contributed by atoms with Gasteiger partial charge in [-0.1, -0.05) is 188 Å². The third kappa shape index (κ3) is 4.84. The van der Waals surface area contributed by atoms with Crippen LogP contribution in [0.5, 0.6) is 0 Å². The van der Waals surface area contributed by atoms with Gasteiger partial charge in [-0.2, -0.15) is 0 Å². The topological polar surface area (TPSA) is 38.9 Å². The molecule has 0 bridgehead atoms. The Balaban J connectivity index is 1.19. The standard InChI is InChI=1S/C53H34N2O/c1-4-18-35(19-5-1)52-54-47(34-48(55-52)45-31-17-30-44-41-27-13-15-33-49(41)56-51(44)45)40-26-11-10-24-38(40)42-28-16-29-43-39-25-12-14-32-46(39)53(50(42)43,36-20-6-2-7-21-36)37-22-8-3-9-23-37/h1-34H. The van der Waals surface area contributed by atoms with Crippen LogP contribution >= 0.6 is 0 Å². The summed E-state index contributed by atoms with van der Waals surface area (Å²) in [7, 11) is 0. The quantitative estimate of drug-likeness (QED) is 0.172. The highest BCUT2D eigenvalue weighted by atomic mass is 16.3. The van der Waals surface area contributed by atoms with Gasteiger partial charge in [0.15, 0.2) is 5.82 Å². The first-order valence-electron chi connectivity index (χ1n) is 19.1. The molecule has 0 amide bonds. The highest BCUT2D eigenvalue weighted by Gasteiger charge is 2.47. The Bertz CT molecular complexity index is 3040. The van der Waals surface area contributed by atoms with Crippen LogP contribution in [0, 0.1) is 0 Å². The molecule has 3 nitrogen and oxygen atoms in total. The number of rotatable bonds is 6. The summed E-state index contributed by atoms with van der Waals surface area (Å²) in [5.41, 5.74) is 15.5. The van der Waals surface area contributed by atoms with Gasteiger partial charge in [0, 0.05) is 27.5 Å². The molecule has 56 heavy (non-hydrogen) atoms. The summed E-state index contributed by atoms with van der Waals surface area (Å²) in [4.78, 5) is 10.6. The zero-order chi connectivity index (χ0) is 37.1. The Hall–Kier alpha value is -7.36. The first kappa shape index (κ1) is 32.1. The van der Waals surface area contributed by atoms with Crippen molar-refractivity contribution in [3.63, 3.8) is 0 Å². The van der Waals surface area contributed by atoms with Crippen LogP contribution in [0.4, 0.5) is 0 Å². The van der Waals surface area contributed by atoms with Crippen LogP contribution in [0.2, 0.25) is 0 Å². The molecule has 1 aliphatic carbocycles. The van der Waals surface area contributed by atoms with Gasteiger partial charge in [0.1, 0.15) is 11.2 Å². The maximum Gasteiger partial charge on any atom is 0.160 e. The molecule has 0 unspecified atom stereocenters. The number of benzene rings is 8. The van der Waals surface area contributed by atoms with E-state index < -0.39 is 5.41 Å². The van der Waals surface area contributed by atoms with Crippen LogP contribution in [0.25, 0.3) is 78.1 Å². The second-order valence-corrected chi connectivity index (χ2v) is 14.4. The van der Waals surface area contributed by atoms with Gasteiger partial charge in [-0.3, -0.25) is 0 Å². The van der Waals surface area contributed by atoms with Crippen molar-refractivity contribution in [3.05, 3.63) is 229 Å². The fourth-order valence-electron chi connectivity index (χ4n) is 9.06. The number of nitrogens with zero attached hydrogens (tertiary/aromatic N) is 2. The Labute approximate surface area is 325 Å². The van der Waals surface area contributed by atoms with Crippen molar-refractivity contribution in [3.8, 4) is 56.2 Å². The van der Waals surface area contributed by atoms with Gasteiger partial charge in [-0.25, -0.2) is 9.97 Å². The average Bonchev–Trinajstić information content (AvgIpc) is 3.82. The van der Waals surface area contributed by atoms with E-state index in [4.69, 9.17) is 14.4 Å². The summed E-state index contributed by atoms with van der Waals surface area (Å²) in [5.74, 6) is 0.662. The number of fused-ring (bicyclic) bond motifs is 6.